The van der Waals surface area contributed by atoms with Crippen molar-refractivity contribution in [1.82, 2.24) is 9.55 Å². The van der Waals surface area contributed by atoms with Crippen LogP contribution in [0.15, 0.2) is 23.5 Å². The van der Waals surface area contributed by atoms with Gasteiger partial charge in [-0.3, -0.25) is 0 Å². The summed E-state index contributed by atoms with van der Waals surface area (Å²) >= 11 is 1.31. The molecule has 0 radical (unpaired) electrons. The van der Waals surface area contributed by atoms with Crippen LogP contribution in [-0.4, -0.2) is 14.0 Å². The van der Waals surface area contributed by atoms with Crippen molar-refractivity contribution in [2.45, 2.75) is 46.0 Å². The van der Waals surface area contributed by atoms with Crippen LogP contribution in [0.25, 0.3) is 5.70 Å². The molecule has 0 unspecified atom stereocenters. The van der Waals surface area contributed by atoms with Crippen LogP contribution in [0.3, 0.4) is 0 Å². The van der Waals surface area contributed by atoms with Crippen molar-refractivity contribution >= 4 is 10.1 Å². The van der Waals surface area contributed by atoms with E-state index in [0.29, 0.717) is 0 Å². The normalized spacial score (nSPS) is 15.6. The number of hydrogen-bond donors (Lipinski definition) is 0. The summed E-state index contributed by atoms with van der Waals surface area (Å²) in [5.41, 5.74) is 2.52. The molecular weight excluding hydrogens is 432 g/mol. The number of rotatable bonds is 6. The van der Waals surface area contributed by atoms with E-state index in [1.54, 1.807) is 10.6 Å². The first-order valence-corrected chi connectivity index (χ1v) is 9.15. The molecule has 0 amide bonds. The predicted octanol–water partition coefficient (Wildman–Crippen LogP) is 2.97. The molecule has 1 aromatic heterocycles. The molecule has 0 aliphatic heterocycles. The third-order valence-corrected chi connectivity index (χ3v) is 5.16. The fourth-order valence-electron chi connectivity index (χ4n) is 2.60. The summed E-state index contributed by atoms with van der Waals surface area (Å²) < 4.78 is 3.79. The van der Waals surface area contributed by atoms with Gasteiger partial charge in [-0.05, 0) is 0 Å². The van der Waals surface area contributed by atoms with E-state index in [4.69, 9.17) is 4.98 Å². The molecule has 4 heteroatoms. The van der Waals surface area contributed by atoms with Crippen LogP contribution in [0, 0.1) is 19.8 Å². The van der Waals surface area contributed by atoms with E-state index in [0.717, 1.165) is 41.5 Å². The number of aryl methyl sites for hydroxylation is 2. The van der Waals surface area contributed by atoms with Gasteiger partial charge in [-0.1, -0.05) is 0 Å². The standard InChI is InChI=1S/C17H22N2O.W/c1-5-7-12(2)19-16(11-10-15-8-6-9-15)18-14(4)13(3)17(19)20;/h2,5,7,15H,1,6,8-11H2,3-4H3;/b12-7+;. The van der Waals surface area contributed by atoms with E-state index >= 15 is 0 Å². The predicted molar refractivity (Wildman–Crippen MR) is 84.2 cm³/mol. The third kappa shape index (κ3) is 3.58. The Morgan fingerprint density at radius 1 is 1.48 bits per heavy atom. The van der Waals surface area contributed by atoms with Crippen molar-refractivity contribution in [2.24, 2.45) is 5.92 Å². The van der Waals surface area contributed by atoms with Gasteiger partial charge in [0.05, 0.1) is 0 Å². The fourth-order valence-corrected chi connectivity index (χ4v) is 3.26. The van der Waals surface area contributed by atoms with Gasteiger partial charge in [-0.15, -0.1) is 0 Å². The summed E-state index contributed by atoms with van der Waals surface area (Å²) in [6.07, 6.45) is 9.63. The molecule has 0 aromatic carbocycles. The van der Waals surface area contributed by atoms with E-state index in [2.05, 4.69) is 6.58 Å². The number of nitrogens with zero attached hydrogens (tertiary/aromatic N) is 2. The third-order valence-electron chi connectivity index (χ3n) is 4.29. The molecule has 0 atom stereocenters. The van der Waals surface area contributed by atoms with E-state index in [-0.39, 0.29) is 5.56 Å². The summed E-state index contributed by atoms with van der Waals surface area (Å²) in [5, 5.41) is 0. The van der Waals surface area contributed by atoms with Crippen molar-refractivity contribution < 1.29 is 19.4 Å². The van der Waals surface area contributed by atoms with Crippen molar-refractivity contribution in [3.05, 3.63) is 46.2 Å². The Hall–Kier alpha value is -1.08. The van der Waals surface area contributed by atoms with Crippen LogP contribution in [0.1, 0.15) is 42.8 Å². The summed E-state index contributed by atoms with van der Waals surface area (Å²) in [4.78, 5) is 17.3. The second-order valence-electron chi connectivity index (χ2n) is 5.66. The quantitative estimate of drug-likeness (QED) is 0.620. The molecule has 0 bridgehead atoms. The van der Waals surface area contributed by atoms with Gasteiger partial charge in [0.1, 0.15) is 0 Å². The molecule has 1 aliphatic rings. The van der Waals surface area contributed by atoms with E-state index in [1.807, 2.05) is 24.3 Å². The first kappa shape index (κ1) is 16.3. The summed E-state index contributed by atoms with van der Waals surface area (Å²) in [6.45, 7) is 7.52. The van der Waals surface area contributed by atoms with Crippen LogP contribution in [-0.2, 0) is 25.8 Å². The molecule has 1 fully saturated rings. The fraction of sp³-hybridized carbons (Fsp3) is 0.471. The van der Waals surface area contributed by atoms with Gasteiger partial charge >= 0.3 is 137 Å². The zero-order valence-electron chi connectivity index (χ0n) is 12.8. The molecule has 21 heavy (non-hydrogen) atoms. The van der Waals surface area contributed by atoms with Gasteiger partial charge in [0.25, 0.3) is 0 Å². The Balaban J connectivity index is 2.45. The van der Waals surface area contributed by atoms with Crippen LogP contribution in [0.2, 0.25) is 0 Å². The Labute approximate surface area is 137 Å². The molecular formula is C17H22N2OW. The zero-order chi connectivity index (χ0) is 15.4. The van der Waals surface area contributed by atoms with Gasteiger partial charge in [0.2, 0.25) is 0 Å². The Bertz CT molecular complexity index is 639. The van der Waals surface area contributed by atoms with Crippen LogP contribution >= 0.6 is 0 Å². The van der Waals surface area contributed by atoms with Gasteiger partial charge in [-0.2, -0.15) is 0 Å². The maximum absolute atomic E-state index is 12.7. The average Bonchev–Trinajstić information content (AvgIpc) is 2.42. The Morgan fingerprint density at radius 2 is 2.19 bits per heavy atom. The molecule has 3 nitrogen and oxygen atoms in total. The summed E-state index contributed by atoms with van der Waals surface area (Å²) in [5.74, 6) is 1.71. The number of allylic oxidation sites excluding steroid dienone is 3. The average molecular weight is 454 g/mol. The van der Waals surface area contributed by atoms with Gasteiger partial charge < -0.3 is 0 Å². The summed E-state index contributed by atoms with van der Waals surface area (Å²) in [7, 11) is 0. The van der Waals surface area contributed by atoms with Gasteiger partial charge in [-0.25, -0.2) is 0 Å². The van der Waals surface area contributed by atoms with Crippen molar-refractivity contribution in [1.29, 1.82) is 0 Å². The molecule has 1 saturated carbocycles. The Kier molecular flexibility index (Phi) is 5.63. The van der Waals surface area contributed by atoms with Gasteiger partial charge in [0, 0.05) is 0 Å². The topological polar surface area (TPSA) is 34.9 Å². The van der Waals surface area contributed by atoms with E-state index in [1.165, 1.54) is 38.6 Å². The maximum atomic E-state index is 12.7. The SMILES string of the molecule is C=C/C=C(\[CH]=[W])n1c(CCC2CCC2)nc(C)c(C)c1=O. The van der Waals surface area contributed by atoms with Crippen molar-refractivity contribution in [3.8, 4) is 0 Å². The molecule has 1 aromatic rings. The molecule has 0 saturated heterocycles. The minimum atomic E-state index is 0.0525. The van der Waals surface area contributed by atoms with Crippen molar-refractivity contribution in [3.63, 3.8) is 0 Å². The second kappa shape index (κ2) is 7.26. The van der Waals surface area contributed by atoms with Gasteiger partial charge in [0.15, 0.2) is 0 Å². The number of aromatic nitrogens is 2. The zero-order valence-corrected chi connectivity index (χ0v) is 15.7. The van der Waals surface area contributed by atoms with Crippen LogP contribution < -0.4 is 5.56 Å². The monoisotopic (exact) mass is 454 g/mol. The molecule has 1 heterocycles. The van der Waals surface area contributed by atoms with Crippen molar-refractivity contribution in [2.75, 3.05) is 0 Å². The minimum absolute atomic E-state index is 0.0525. The number of hydrogen-bond acceptors (Lipinski definition) is 2. The Morgan fingerprint density at radius 3 is 2.71 bits per heavy atom. The molecule has 0 spiro atoms. The first-order chi connectivity index (χ1) is 10.1. The first-order valence-electron chi connectivity index (χ1n) is 7.46. The summed E-state index contributed by atoms with van der Waals surface area (Å²) in [6, 6.07) is 0. The van der Waals surface area contributed by atoms with E-state index < -0.39 is 0 Å². The molecule has 0 N–H and O–H groups in total. The second-order valence-corrected chi connectivity index (χ2v) is 6.51. The molecule has 1 aliphatic carbocycles. The van der Waals surface area contributed by atoms with Crippen LogP contribution in [0.5, 0.6) is 0 Å². The molecule has 112 valence electrons. The van der Waals surface area contributed by atoms with Crippen LogP contribution in [0.4, 0.5) is 0 Å². The van der Waals surface area contributed by atoms with E-state index in [9.17, 15) is 4.79 Å². The molecule has 2 rings (SSSR count).